The van der Waals surface area contributed by atoms with Crippen LogP contribution in [0, 0.1) is 5.82 Å². The summed E-state index contributed by atoms with van der Waals surface area (Å²) in [6.07, 6.45) is -1.92. The lowest BCUT2D eigenvalue weighted by Gasteiger charge is -2.29. The maximum Gasteiger partial charge on any atom is 0.273 e. The number of alkyl halides is 2. The second kappa shape index (κ2) is 10.0. The number of aliphatic hydroxyl groups excluding tert-OH is 1. The molecule has 0 spiro atoms. The van der Waals surface area contributed by atoms with Crippen molar-refractivity contribution < 1.29 is 32.5 Å². The molecule has 5 rings (SSSR count). The summed E-state index contributed by atoms with van der Waals surface area (Å²) in [5.41, 5.74) is 1.30. The van der Waals surface area contributed by atoms with E-state index >= 15 is 0 Å². The Morgan fingerprint density at radius 1 is 1.33 bits per heavy atom. The molecule has 2 aromatic rings. The summed E-state index contributed by atoms with van der Waals surface area (Å²) in [5, 5.41) is 13.5. The Bertz CT molecular complexity index is 1180. The number of aliphatic hydroxyl groups is 1. The van der Waals surface area contributed by atoms with Gasteiger partial charge in [-0.1, -0.05) is 0 Å². The number of amides is 1. The Kier molecular flexibility index (Phi) is 6.80. The number of fused-ring (bicyclic) bond motifs is 1. The maximum atomic E-state index is 14.6. The molecule has 3 aliphatic heterocycles. The molecule has 1 unspecified atom stereocenters. The number of hydrogen-bond acceptors (Lipinski definition) is 8. The van der Waals surface area contributed by atoms with E-state index in [4.69, 9.17) is 9.47 Å². The number of carbonyl (C=O) groups excluding carboxylic acids is 1. The van der Waals surface area contributed by atoms with E-state index in [9.17, 15) is 23.1 Å². The molecular weight excluding hydrogens is 479 g/mol. The van der Waals surface area contributed by atoms with E-state index in [0.717, 1.165) is 13.0 Å². The average molecular weight is 505 g/mol. The van der Waals surface area contributed by atoms with Crippen LogP contribution in [0.5, 0.6) is 5.75 Å². The number of carbonyl (C=O) groups is 1. The van der Waals surface area contributed by atoms with E-state index in [1.807, 2.05) is 0 Å². The highest BCUT2D eigenvalue weighted by Crippen LogP contribution is 2.37. The van der Waals surface area contributed by atoms with E-state index in [1.165, 1.54) is 23.4 Å². The fourth-order valence-electron chi connectivity index (χ4n) is 4.87. The zero-order valence-electron chi connectivity index (χ0n) is 19.5. The lowest BCUT2D eigenvalue weighted by atomic mass is 10.0. The van der Waals surface area contributed by atoms with Crippen LogP contribution in [0.15, 0.2) is 29.5 Å². The Labute approximate surface area is 205 Å². The Balaban J connectivity index is 1.43. The number of hydrogen-bond donors (Lipinski definition) is 2. The zero-order chi connectivity index (χ0) is 25.4. The molecule has 192 valence electrons. The molecule has 1 amide bonds. The van der Waals surface area contributed by atoms with E-state index in [0.29, 0.717) is 35.7 Å². The second-order valence-corrected chi connectivity index (χ2v) is 9.08. The third-order valence-electron chi connectivity index (χ3n) is 6.49. The largest absolute Gasteiger partial charge is 0.461 e. The monoisotopic (exact) mass is 505 g/mol. The number of likely N-dealkylation sites (tertiary alicyclic amines) is 1. The number of halogens is 3. The van der Waals surface area contributed by atoms with Crippen LogP contribution in [-0.4, -0.2) is 76.0 Å². The summed E-state index contributed by atoms with van der Waals surface area (Å²) < 4.78 is 52.5. The third kappa shape index (κ3) is 4.87. The Morgan fingerprint density at radius 3 is 2.94 bits per heavy atom. The number of anilines is 1. The molecule has 0 radical (unpaired) electrons. The van der Waals surface area contributed by atoms with Gasteiger partial charge in [0.15, 0.2) is 0 Å². The number of aliphatic imine (C=N–C) groups is 1. The molecule has 4 heterocycles. The van der Waals surface area contributed by atoms with Gasteiger partial charge < -0.3 is 24.8 Å². The van der Waals surface area contributed by atoms with Crippen LogP contribution in [-0.2, 0) is 16.1 Å². The van der Waals surface area contributed by atoms with Crippen LogP contribution in [0.2, 0.25) is 0 Å². The first kappa shape index (κ1) is 24.4. The highest BCUT2D eigenvalue weighted by molar-refractivity contribution is 6.47. The fourth-order valence-corrected chi connectivity index (χ4v) is 4.87. The average Bonchev–Trinajstić information content (AvgIpc) is 3.44. The Morgan fingerprint density at radius 2 is 2.17 bits per heavy atom. The third-order valence-corrected chi connectivity index (χ3v) is 6.49. The summed E-state index contributed by atoms with van der Waals surface area (Å²) >= 11 is 0. The number of nitrogens with one attached hydrogen (secondary N) is 1. The minimum absolute atomic E-state index is 0.0480. The van der Waals surface area contributed by atoms with E-state index < -0.39 is 36.4 Å². The van der Waals surface area contributed by atoms with Crippen LogP contribution in [0.4, 0.5) is 19.0 Å². The van der Waals surface area contributed by atoms with Gasteiger partial charge in [0.25, 0.3) is 5.91 Å². The number of aromatic nitrogens is 2. The first-order valence-corrected chi connectivity index (χ1v) is 11.8. The molecule has 2 saturated heterocycles. The van der Waals surface area contributed by atoms with Crippen molar-refractivity contribution in [3.8, 4) is 5.75 Å². The zero-order valence-corrected chi connectivity index (χ0v) is 19.5. The highest BCUT2D eigenvalue weighted by atomic mass is 19.1. The van der Waals surface area contributed by atoms with Crippen LogP contribution < -0.4 is 10.1 Å². The number of ether oxygens (including phenoxy) is 2. The van der Waals surface area contributed by atoms with Gasteiger partial charge in [0, 0.05) is 26.0 Å². The quantitative estimate of drug-likeness (QED) is 0.621. The molecule has 2 fully saturated rings. The van der Waals surface area contributed by atoms with Gasteiger partial charge in [0.2, 0.25) is 6.36 Å². The molecular formula is C24H26F3N5O4. The van der Waals surface area contributed by atoms with Gasteiger partial charge >= 0.3 is 0 Å². The van der Waals surface area contributed by atoms with Crippen molar-refractivity contribution in [1.29, 1.82) is 0 Å². The molecule has 3 aliphatic rings. The van der Waals surface area contributed by atoms with Crippen molar-refractivity contribution in [1.82, 2.24) is 14.9 Å². The van der Waals surface area contributed by atoms with Gasteiger partial charge in [-0.25, -0.2) is 23.1 Å². The van der Waals surface area contributed by atoms with Crippen molar-refractivity contribution in [3.63, 3.8) is 0 Å². The summed E-state index contributed by atoms with van der Waals surface area (Å²) in [6.45, 7) is 1.75. The SMILES string of the molecule is CC(F)Oc1cc(F)cc([C@H]2C[C@H](F)CN2C(=O)C2=NCc3ncnc(N[C@@H]4CCOC[C@H]4O)c32)c1. The van der Waals surface area contributed by atoms with Gasteiger partial charge in [-0.3, -0.25) is 9.79 Å². The molecule has 1 aromatic heterocycles. The minimum Gasteiger partial charge on any atom is -0.461 e. The van der Waals surface area contributed by atoms with Crippen molar-refractivity contribution >= 4 is 17.4 Å². The first-order valence-electron chi connectivity index (χ1n) is 11.8. The predicted molar refractivity (Wildman–Crippen MR) is 123 cm³/mol. The van der Waals surface area contributed by atoms with E-state index in [1.54, 1.807) is 0 Å². The van der Waals surface area contributed by atoms with Crippen LogP contribution in [0.25, 0.3) is 0 Å². The predicted octanol–water partition coefficient (Wildman–Crippen LogP) is 2.49. The maximum absolute atomic E-state index is 14.6. The van der Waals surface area contributed by atoms with Crippen molar-refractivity contribution in [2.45, 2.75) is 57.0 Å². The number of nitrogens with zero attached hydrogens (tertiary/aromatic N) is 4. The van der Waals surface area contributed by atoms with E-state index in [2.05, 4.69) is 20.3 Å². The fraction of sp³-hybridized carbons (Fsp3) is 0.500. The highest BCUT2D eigenvalue weighted by Gasteiger charge is 2.41. The number of rotatable bonds is 6. The second-order valence-electron chi connectivity index (χ2n) is 9.08. The lowest BCUT2D eigenvalue weighted by Crippen LogP contribution is -2.43. The van der Waals surface area contributed by atoms with Crippen molar-refractivity contribution in [2.75, 3.05) is 25.1 Å². The Hall–Kier alpha value is -3.25. The van der Waals surface area contributed by atoms with Crippen molar-refractivity contribution in [3.05, 3.63) is 47.2 Å². The molecule has 2 N–H and O–H groups in total. The minimum atomic E-state index is -1.67. The summed E-state index contributed by atoms with van der Waals surface area (Å²) in [5.74, 6) is -0.930. The van der Waals surface area contributed by atoms with Crippen LogP contribution in [0.1, 0.15) is 42.6 Å². The number of benzene rings is 1. The lowest BCUT2D eigenvalue weighted by molar-refractivity contribution is -0.125. The smallest absolute Gasteiger partial charge is 0.273 e. The summed E-state index contributed by atoms with van der Waals surface area (Å²) in [7, 11) is 0. The van der Waals surface area contributed by atoms with Crippen molar-refractivity contribution in [2.24, 2.45) is 4.99 Å². The molecule has 36 heavy (non-hydrogen) atoms. The molecule has 12 heteroatoms. The van der Waals surface area contributed by atoms with Gasteiger partial charge in [-0.05, 0) is 24.1 Å². The molecule has 0 saturated carbocycles. The molecule has 1 aromatic carbocycles. The summed E-state index contributed by atoms with van der Waals surface area (Å²) in [6, 6.07) is 2.49. The normalized spacial score (nSPS) is 26.4. The molecule has 0 bridgehead atoms. The van der Waals surface area contributed by atoms with Crippen LogP contribution in [0.3, 0.4) is 0 Å². The van der Waals surface area contributed by atoms with Gasteiger partial charge in [-0.15, -0.1) is 0 Å². The summed E-state index contributed by atoms with van der Waals surface area (Å²) in [4.78, 5) is 27.9. The molecule has 5 atom stereocenters. The van der Waals surface area contributed by atoms with Gasteiger partial charge in [0.05, 0.1) is 49.1 Å². The molecule has 0 aliphatic carbocycles. The standard InChI is InChI=1S/C24H26F3N5O4/c1-12(25)36-16-5-13(4-14(26)6-16)19-7-15(27)9-32(19)24(34)22-21-18(8-28-22)29-11-30-23(21)31-17-2-3-35-10-20(17)33/h4-6,11-12,15,17,19-20,33H,2-3,7-10H2,1H3,(H,29,30,31)/t12?,15-,17+,19+,20+/m0/s1. The molecule has 9 nitrogen and oxygen atoms in total. The van der Waals surface area contributed by atoms with E-state index in [-0.39, 0.29) is 43.6 Å². The van der Waals surface area contributed by atoms with Gasteiger partial charge in [0.1, 0.15) is 35.6 Å². The van der Waals surface area contributed by atoms with Gasteiger partial charge in [-0.2, -0.15) is 0 Å². The topological polar surface area (TPSA) is 109 Å². The first-order chi connectivity index (χ1) is 17.3. The van der Waals surface area contributed by atoms with Crippen LogP contribution >= 0.6 is 0 Å².